The molecule has 0 radical (unpaired) electrons. The minimum absolute atomic E-state index is 0.389. The molecule has 1 rings (SSSR count). The molecule has 0 aromatic heterocycles. The lowest BCUT2D eigenvalue weighted by Gasteiger charge is -2.23. The minimum atomic E-state index is -0.389. The Morgan fingerprint density at radius 1 is 1.36 bits per heavy atom. The summed E-state index contributed by atoms with van der Waals surface area (Å²) in [6, 6.07) is 4.08. The lowest BCUT2D eigenvalue weighted by Crippen LogP contribution is -2.29. The Bertz CT molecular complexity index is 342. The lowest BCUT2D eigenvalue weighted by molar-refractivity contribution is 0.391. The van der Waals surface area contributed by atoms with E-state index in [0.29, 0.717) is 0 Å². The van der Waals surface area contributed by atoms with Crippen LogP contribution < -0.4 is 10.5 Å². The minimum Gasteiger partial charge on any atom is -0.495 e. The fourth-order valence-electron chi connectivity index (χ4n) is 1.42. The van der Waals surface area contributed by atoms with Crippen molar-refractivity contribution >= 4 is 15.9 Å². The number of ether oxygens (including phenoxy) is 1. The molecule has 0 heterocycles. The summed E-state index contributed by atoms with van der Waals surface area (Å²) < 4.78 is 6.28. The maximum atomic E-state index is 6.07. The second-order valence-corrected chi connectivity index (χ2v) is 4.90. The van der Waals surface area contributed by atoms with E-state index in [-0.39, 0.29) is 5.54 Å². The average Bonchev–Trinajstić information content (AvgIpc) is 2.01. The molecule has 0 unspecified atom stereocenters. The first-order chi connectivity index (χ1) is 6.36. The molecule has 0 spiro atoms. The van der Waals surface area contributed by atoms with Crippen molar-refractivity contribution in [3.05, 3.63) is 27.7 Å². The lowest BCUT2D eigenvalue weighted by atomic mass is 9.93. The Balaban J connectivity index is 3.40. The van der Waals surface area contributed by atoms with E-state index in [1.165, 1.54) is 5.56 Å². The van der Waals surface area contributed by atoms with Gasteiger partial charge < -0.3 is 10.5 Å². The smallest absolute Gasteiger partial charge is 0.138 e. The molecular weight excluding hydrogens is 242 g/mol. The molecule has 0 aliphatic rings. The third-order valence-electron chi connectivity index (χ3n) is 2.09. The van der Waals surface area contributed by atoms with Gasteiger partial charge in [-0.2, -0.15) is 0 Å². The van der Waals surface area contributed by atoms with Gasteiger partial charge in [0, 0.05) is 11.1 Å². The zero-order chi connectivity index (χ0) is 10.9. The quantitative estimate of drug-likeness (QED) is 0.885. The van der Waals surface area contributed by atoms with Gasteiger partial charge in [0.25, 0.3) is 0 Å². The van der Waals surface area contributed by atoms with Crippen molar-refractivity contribution in [2.45, 2.75) is 26.3 Å². The van der Waals surface area contributed by atoms with Crippen molar-refractivity contribution in [3.8, 4) is 5.75 Å². The number of methoxy groups -OCH3 is 1. The molecule has 0 bridgehead atoms. The maximum absolute atomic E-state index is 6.07. The molecule has 0 saturated carbocycles. The standard InChI is InChI=1S/C11H16BrNO/c1-7-5-8(11(2,3)13)10(14-4)9(12)6-7/h5-6H,13H2,1-4H3. The first-order valence-corrected chi connectivity index (χ1v) is 5.29. The summed E-state index contributed by atoms with van der Waals surface area (Å²) in [6.45, 7) is 5.98. The fraction of sp³-hybridized carbons (Fsp3) is 0.455. The van der Waals surface area contributed by atoms with E-state index in [1.807, 2.05) is 26.8 Å². The molecular formula is C11H16BrNO. The van der Waals surface area contributed by atoms with Crippen LogP contribution in [-0.2, 0) is 5.54 Å². The summed E-state index contributed by atoms with van der Waals surface area (Å²) in [4.78, 5) is 0. The van der Waals surface area contributed by atoms with Crippen LogP contribution in [0.5, 0.6) is 5.75 Å². The maximum Gasteiger partial charge on any atom is 0.138 e. The summed E-state index contributed by atoms with van der Waals surface area (Å²) in [6.07, 6.45) is 0. The number of aryl methyl sites for hydroxylation is 1. The van der Waals surface area contributed by atoms with Gasteiger partial charge in [0.2, 0.25) is 0 Å². The zero-order valence-electron chi connectivity index (χ0n) is 9.02. The highest BCUT2D eigenvalue weighted by Crippen LogP contribution is 2.35. The number of benzene rings is 1. The molecule has 2 N–H and O–H groups in total. The Hall–Kier alpha value is -0.540. The van der Waals surface area contributed by atoms with Gasteiger partial charge >= 0.3 is 0 Å². The van der Waals surface area contributed by atoms with Crippen LogP contribution in [0.3, 0.4) is 0 Å². The fourth-order valence-corrected chi connectivity index (χ4v) is 2.15. The first-order valence-electron chi connectivity index (χ1n) is 4.49. The summed E-state index contributed by atoms with van der Waals surface area (Å²) in [7, 11) is 1.66. The molecule has 1 aromatic carbocycles. The molecule has 0 fully saturated rings. The van der Waals surface area contributed by atoms with Gasteiger partial charge in [-0.15, -0.1) is 0 Å². The van der Waals surface area contributed by atoms with Gasteiger partial charge in [0.05, 0.1) is 11.6 Å². The highest BCUT2D eigenvalue weighted by molar-refractivity contribution is 9.10. The average molecular weight is 258 g/mol. The van der Waals surface area contributed by atoms with E-state index in [0.717, 1.165) is 15.8 Å². The molecule has 0 aliphatic carbocycles. The highest BCUT2D eigenvalue weighted by Gasteiger charge is 2.21. The van der Waals surface area contributed by atoms with Gasteiger partial charge in [-0.3, -0.25) is 0 Å². The Morgan fingerprint density at radius 2 is 1.93 bits per heavy atom. The second kappa shape index (κ2) is 3.91. The predicted octanol–water partition coefficient (Wildman–Crippen LogP) is 2.96. The van der Waals surface area contributed by atoms with E-state index >= 15 is 0 Å². The number of hydrogen-bond donors (Lipinski definition) is 1. The predicted molar refractivity (Wildman–Crippen MR) is 62.6 cm³/mol. The Morgan fingerprint density at radius 3 is 2.36 bits per heavy atom. The third-order valence-corrected chi connectivity index (χ3v) is 2.68. The molecule has 0 aliphatic heterocycles. The largest absolute Gasteiger partial charge is 0.495 e. The van der Waals surface area contributed by atoms with E-state index < -0.39 is 0 Å². The molecule has 14 heavy (non-hydrogen) atoms. The SMILES string of the molecule is COc1c(Br)cc(C)cc1C(C)(C)N. The number of hydrogen-bond acceptors (Lipinski definition) is 2. The van der Waals surface area contributed by atoms with Crippen molar-refractivity contribution in [1.82, 2.24) is 0 Å². The molecule has 78 valence electrons. The van der Waals surface area contributed by atoms with Crippen LogP contribution in [-0.4, -0.2) is 7.11 Å². The van der Waals surface area contributed by atoms with Crippen LogP contribution in [0, 0.1) is 6.92 Å². The summed E-state index contributed by atoms with van der Waals surface area (Å²) in [5, 5.41) is 0. The van der Waals surface area contributed by atoms with Gasteiger partial charge in [-0.05, 0) is 48.3 Å². The first kappa shape index (κ1) is 11.5. The van der Waals surface area contributed by atoms with Gasteiger partial charge in [0.1, 0.15) is 5.75 Å². The van der Waals surface area contributed by atoms with Crippen molar-refractivity contribution in [1.29, 1.82) is 0 Å². The molecule has 0 atom stereocenters. The van der Waals surface area contributed by atoms with E-state index in [2.05, 4.69) is 22.0 Å². The van der Waals surface area contributed by atoms with Crippen LogP contribution in [0.15, 0.2) is 16.6 Å². The molecule has 0 amide bonds. The van der Waals surface area contributed by atoms with E-state index in [4.69, 9.17) is 10.5 Å². The third kappa shape index (κ3) is 2.28. The summed E-state index contributed by atoms with van der Waals surface area (Å²) >= 11 is 3.47. The van der Waals surface area contributed by atoms with E-state index in [9.17, 15) is 0 Å². The summed E-state index contributed by atoms with van der Waals surface area (Å²) in [5.41, 5.74) is 7.87. The molecule has 3 heteroatoms. The van der Waals surface area contributed by atoms with Crippen LogP contribution in [0.1, 0.15) is 25.0 Å². The van der Waals surface area contributed by atoms with Crippen LogP contribution in [0.2, 0.25) is 0 Å². The number of nitrogens with two attached hydrogens (primary N) is 1. The molecule has 2 nitrogen and oxygen atoms in total. The van der Waals surface area contributed by atoms with Gasteiger partial charge in [-0.25, -0.2) is 0 Å². The van der Waals surface area contributed by atoms with Crippen molar-refractivity contribution in [3.63, 3.8) is 0 Å². The van der Waals surface area contributed by atoms with Crippen molar-refractivity contribution in [2.24, 2.45) is 5.73 Å². The highest BCUT2D eigenvalue weighted by atomic mass is 79.9. The second-order valence-electron chi connectivity index (χ2n) is 4.05. The summed E-state index contributed by atoms with van der Waals surface area (Å²) in [5.74, 6) is 0.822. The monoisotopic (exact) mass is 257 g/mol. The van der Waals surface area contributed by atoms with Gasteiger partial charge in [0.15, 0.2) is 0 Å². The molecule has 1 aromatic rings. The Labute approximate surface area is 93.6 Å². The van der Waals surface area contributed by atoms with Crippen LogP contribution in [0.4, 0.5) is 0 Å². The number of halogens is 1. The molecule has 0 saturated heterocycles. The Kier molecular flexibility index (Phi) is 3.22. The van der Waals surface area contributed by atoms with Crippen LogP contribution >= 0.6 is 15.9 Å². The van der Waals surface area contributed by atoms with Crippen molar-refractivity contribution < 1.29 is 4.74 Å². The van der Waals surface area contributed by atoms with Crippen molar-refractivity contribution in [2.75, 3.05) is 7.11 Å². The number of rotatable bonds is 2. The topological polar surface area (TPSA) is 35.2 Å². The van der Waals surface area contributed by atoms with Crippen LogP contribution in [0.25, 0.3) is 0 Å². The normalized spacial score (nSPS) is 11.6. The van der Waals surface area contributed by atoms with E-state index in [1.54, 1.807) is 7.11 Å². The zero-order valence-corrected chi connectivity index (χ0v) is 10.6. The van der Waals surface area contributed by atoms with Gasteiger partial charge in [-0.1, -0.05) is 6.07 Å².